The van der Waals surface area contributed by atoms with Crippen molar-refractivity contribution >= 4 is 29.2 Å². The summed E-state index contributed by atoms with van der Waals surface area (Å²) in [5.41, 5.74) is 1.30. The highest BCUT2D eigenvalue weighted by Crippen LogP contribution is 2.31. The quantitative estimate of drug-likeness (QED) is 0.416. The van der Waals surface area contributed by atoms with E-state index in [0.29, 0.717) is 23.5 Å². The van der Waals surface area contributed by atoms with Crippen molar-refractivity contribution < 1.29 is 29.6 Å². The molecule has 0 saturated carbocycles. The van der Waals surface area contributed by atoms with Gasteiger partial charge in [-0.25, -0.2) is 4.98 Å². The molecule has 0 saturated heterocycles. The van der Waals surface area contributed by atoms with Gasteiger partial charge in [0.25, 0.3) is 0 Å². The SMILES string of the molecule is CC1=CCC(C(C)=Cc2csc(CO)n2)OC(=O)C[C@H](O)C(C)(C)C(=O)C(C)[C@@H](O)[C@@H](C)C=CC1. The van der Waals surface area contributed by atoms with Gasteiger partial charge in [0.2, 0.25) is 0 Å². The molecule has 1 aliphatic rings. The minimum atomic E-state index is -1.26. The Labute approximate surface area is 212 Å². The van der Waals surface area contributed by atoms with Gasteiger partial charge in [0.15, 0.2) is 0 Å². The summed E-state index contributed by atoms with van der Waals surface area (Å²) < 4.78 is 5.77. The van der Waals surface area contributed by atoms with Gasteiger partial charge in [0.1, 0.15) is 16.9 Å². The number of hydrogen-bond acceptors (Lipinski definition) is 8. The standard InChI is InChI=1S/C27H39NO6S/c1-16-8-7-9-17(2)25(32)19(4)26(33)27(5,6)22(30)13-24(31)34-21(11-10-16)18(3)12-20-15-35-23(14-29)28-20/h7,9-10,12,15,17,19,21-22,25,29-30,32H,8,11,13-14H2,1-6H3/t17-,19?,21?,22-,25-/m0/s1. The van der Waals surface area contributed by atoms with E-state index in [4.69, 9.17) is 4.74 Å². The Kier molecular flexibility index (Phi) is 10.6. The number of aromatic nitrogens is 1. The predicted octanol–water partition coefficient (Wildman–Crippen LogP) is 4.23. The first kappa shape index (κ1) is 29.1. The molecule has 0 bridgehead atoms. The van der Waals surface area contributed by atoms with E-state index >= 15 is 0 Å². The van der Waals surface area contributed by atoms with E-state index in [1.54, 1.807) is 20.8 Å². The molecule has 5 atom stereocenters. The van der Waals surface area contributed by atoms with E-state index in [-0.39, 0.29) is 24.7 Å². The first-order valence-electron chi connectivity index (χ1n) is 12.0. The molecule has 2 rings (SSSR count). The molecule has 1 aromatic rings. The predicted molar refractivity (Wildman–Crippen MR) is 137 cm³/mol. The fraction of sp³-hybridized carbons (Fsp3) is 0.593. The maximum atomic E-state index is 13.1. The monoisotopic (exact) mass is 505 g/mol. The summed E-state index contributed by atoms with van der Waals surface area (Å²) in [5.74, 6) is -1.86. The van der Waals surface area contributed by atoms with Crippen LogP contribution in [0.2, 0.25) is 0 Å². The molecular weight excluding hydrogens is 466 g/mol. The molecule has 194 valence electrons. The third kappa shape index (κ3) is 7.93. The highest BCUT2D eigenvalue weighted by molar-refractivity contribution is 7.09. The molecule has 3 N–H and O–H groups in total. The molecule has 2 unspecified atom stereocenters. The summed E-state index contributed by atoms with van der Waals surface area (Å²) in [7, 11) is 0. The molecule has 1 aliphatic heterocycles. The van der Waals surface area contributed by atoms with Gasteiger partial charge < -0.3 is 20.1 Å². The summed E-state index contributed by atoms with van der Waals surface area (Å²) in [6, 6.07) is 0. The molecular formula is C27H39NO6S. The second kappa shape index (κ2) is 12.7. The number of nitrogens with zero attached hydrogens (tertiary/aromatic N) is 1. The normalized spacial score (nSPS) is 29.6. The number of thiazole rings is 1. The summed E-state index contributed by atoms with van der Waals surface area (Å²) in [5, 5.41) is 33.2. The Balaban J connectivity index is 2.37. The van der Waals surface area contributed by atoms with Crippen molar-refractivity contribution in [3.8, 4) is 0 Å². The van der Waals surface area contributed by atoms with Crippen LogP contribution < -0.4 is 0 Å². The van der Waals surface area contributed by atoms with Crippen LogP contribution in [0.15, 0.2) is 34.8 Å². The number of cyclic esters (lactones) is 1. The van der Waals surface area contributed by atoms with Crippen LogP contribution in [0, 0.1) is 17.3 Å². The Bertz CT molecular complexity index is 976. The number of ether oxygens (including phenoxy) is 1. The zero-order valence-electron chi connectivity index (χ0n) is 21.5. The molecule has 2 heterocycles. The lowest BCUT2D eigenvalue weighted by Crippen LogP contribution is -2.45. The summed E-state index contributed by atoms with van der Waals surface area (Å²) >= 11 is 1.35. The van der Waals surface area contributed by atoms with Crippen LogP contribution in [-0.4, -0.2) is 50.4 Å². The highest BCUT2D eigenvalue weighted by atomic mass is 32.1. The van der Waals surface area contributed by atoms with Gasteiger partial charge >= 0.3 is 5.97 Å². The number of Topliss-reactive ketones (excluding diaryl/α,β-unsaturated/α-hetero) is 1. The molecule has 0 fully saturated rings. The van der Waals surface area contributed by atoms with Crippen LogP contribution in [-0.2, 0) is 20.9 Å². The van der Waals surface area contributed by atoms with Gasteiger partial charge in [-0.15, -0.1) is 11.3 Å². The Morgan fingerprint density at radius 1 is 1.29 bits per heavy atom. The zero-order chi connectivity index (χ0) is 26.3. The molecule has 0 aromatic carbocycles. The number of carbonyl (C=O) groups is 2. The molecule has 8 heteroatoms. The largest absolute Gasteiger partial charge is 0.457 e. The first-order chi connectivity index (χ1) is 16.4. The third-order valence-corrected chi connectivity index (χ3v) is 7.57. The first-order valence-corrected chi connectivity index (χ1v) is 12.9. The van der Waals surface area contributed by atoms with Gasteiger partial charge in [-0.2, -0.15) is 0 Å². The van der Waals surface area contributed by atoms with E-state index in [2.05, 4.69) is 4.98 Å². The van der Waals surface area contributed by atoms with Crippen molar-refractivity contribution in [2.75, 3.05) is 0 Å². The number of carbonyl (C=O) groups excluding carboxylic acids is 2. The fourth-order valence-corrected chi connectivity index (χ4v) is 4.68. The Morgan fingerprint density at radius 3 is 2.60 bits per heavy atom. The van der Waals surface area contributed by atoms with Gasteiger partial charge in [-0.1, -0.05) is 51.5 Å². The number of allylic oxidation sites excluding steroid dienone is 2. The number of ketones is 1. The van der Waals surface area contributed by atoms with Crippen LogP contribution >= 0.6 is 11.3 Å². The lowest BCUT2D eigenvalue weighted by atomic mass is 9.73. The second-order valence-corrected chi connectivity index (χ2v) is 11.0. The zero-order valence-corrected chi connectivity index (χ0v) is 22.3. The van der Waals surface area contributed by atoms with Crippen molar-refractivity contribution in [3.63, 3.8) is 0 Å². The third-order valence-electron chi connectivity index (χ3n) is 6.71. The van der Waals surface area contributed by atoms with Gasteiger partial charge in [-0.3, -0.25) is 9.59 Å². The maximum absolute atomic E-state index is 13.1. The minimum Gasteiger partial charge on any atom is -0.457 e. The van der Waals surface area contributed by atoms with Crippen LogP contribution in [0.4, 0.5) is 0 Å². The van der Waals surface area contributed by atoms with E-state index in [0.717, 1.165) is 11.1 Å². The Hall–Kier alpha value is -2.13. The van der Waals surface area contributed by atoms with E-state index in [1.165, 1.54) is 11.3 Å². The van der Waals surface area contributed by atoms with E-state index < -0.39 is 35.6 Å². The summed E-state index contributed by atoms with van der Waals surface area (Å²) in [4.78, 5) is 30.3. The molecule has 0 aliphatic carbocycles. The lowest BCUT2D eigenvalue weighted by molar-refractivity contribution is -0.154. The van der Waals surface area contributed by atoms with Crippen LogP contribution in [0.25, 0.3) is 6.08 Å². The Morgan fingerprint density at radius 2 is 1.97 bits per heavy atom. The van der Waals surface area contributed by atoms with Crippen LogP contribution in [0.5, 0.6) is 0 Å². The van der Waals surface area contributed by atoms with Crippen molar-refractivity contribution in [1.29, 1.82) is 0 Å². The minimum absolute atomic E-state index is 0.133. The smallest absolute Gasteiger partial charge is 0.309 e. The van der Waals surface area contributed by atoms with E-state index in [1.807, 2.05) is 50.5 Å². The lowest BCUT2D eigenvalue weighted by Gasteiger charge is -2.34. The number of aliphatic hydroxyl groups is 3. The van der Waals surface area contributed by atoms with Crippen molar-refractivity contribution in [1.82, 2.24) is 4.98 Å². The summed E-state index contributed by atoms with van der Waals surface area (Å²) in [6.45, 7) is 10.4. The molecule has 0 spiro atoms. The number of esters is 1. The molecule has 1 aromatic heterocycles. The summed E-state index contributed by atoms with van der Waals surface area (Å²) in [6.07, 6.45) is 5.75. The second-order valence-electron chi connectivity index (χ2n) is 10.1. The molecule has 0 radical (unpaired) electrons. The molecule has 35 heavy (non-hydrogen) atoms. The highest BCUT2D eigenvalue weighted by Gasteiger charge is 2.42. The van der Waals surface area contributed by atoms with Crippen molar-refractivity contribution in [3.05, 3.63) is 45.5 Å². The molecule has 0 amide bonds. The van der Waals surface area contributed by atoms with Crippen LogP contribution in [0.3, 0.4) is 0 Å². The average Bonchev–Trinajstić information content (AvgIpc) is 3.26. The molecule has 7 nitrogen and oxygen atoms in total. The average molecular weight is 506 g/mol. The maximum Gasteiger partial charge on any atom is 0.309 e. The fourth-order valence-electron chi connectivity index (χ4n) is 4.07. The number of hydrogen-bond donors (Lipinski definition) is 3. The topological polar surface area (TPSA) is 117 Å². The number of aliphatic hydroxyl groups excluding tert-OH is 3. The van der Waals surface area contributed by atoms with Gasteiger partial charge in [-0.05, 0) is 31.9 Å². The van der Waals surface area contributed by atoms with Crippen molar-refractivity contribution in [2.45, 2.75) is 85.7 Å². The van der Waals surface area contributed by atoms with Crippen LogP contribution in [0.1, 0.15) is 71.5 Å². The van der Waals surface area contributed by atoms with Gasteiger partial charge in [0.05, 0.1) is 36.3 Å². The van der Waals surface area contributed by atoms with Crippen molar-refractivity contribution in [2.24, 2.45) is 17.3 Å². The van der Waals surface area contributed by atoms with E-state index in [9.17, 15) is 24.9 Å². The van der Waals surface area contributed by atoms with Gasteiger partial charge in [0, 0.05) is 23.6 Å². The number of rotatable bonds is 3.